The molecule has 3 aromatic carbocycles. The summed E-state index contributed by atoms with van der Waals surface area (Å²) in [6, 6.07) is 17.1. The van der Waals surface area contributed by atoms with Gasteiger partial charge in [-0.25, -0.2) is 4.58 Å². The number of hydrogen-bond acceptors (Lipinski definition) is 4. The van der Waals surface area contributed by atoms with Gasteiger partial charge in [-0.1, -0.05) is 24.3 Å². The smallest absolute Gasteiger partial charge is 0.254 e. The van der Waals surface area contributed by atoms with Gasteiger partial charge in [0.2, 0.25) is 5.36 Å². The maximum atomic E-state index is 14.2. The summed E-state index contributed by atoms with van der Waals surface area (Å²) in [6.45, 7) is 20.7. The van der Waals surface area contributed by atoms with Crippen LogP contribution in [0.5, 0.6) is 11.5 Å². The summed E-state index contributed by atoms with van der Waals surface area (Å²) < 4.78 is 9.39. The fraction of sp³-hybridized carbons (Fsp3) is 0.415. The van der Waals surface area contributed by atoms with Gasteiger partial charge in [-0.3, -0.25) is 4.79 Å². The SMILES string of the molecule is CCN1c2cc3c(cc2C(C)=CC1(C)C)C(c1ccccc1C(=O)N1CCC(O)CC1)=c1cc2c(cc1O3)=[N+](CC)C(C)(C)C=C2C. The predicted octanol–water partition coefficient (Wildman–Crippen LogP) is 6.36. The summed E-state index contributed by atoms with van der Waals surface area (Å²) in [7, 11) is 0. The number of benzene rings is 3. The number of allylic oxidation sites excluding steroid dienone is 2. The van der Waals surface area contributed by atoms with Crippen molar-refractivity contribution in [2.75, 3.05) is 31.1 Å². The molecule has 4 aliphatic rings. The zero-order valence-corrected chi connectivity index (χ0v) is 29.2. The first-order valence-electron chi connectivity index (χ1n) is 17.3. The number of likely N-dealkylation sites (N-methyl/N-ethyl adjacent to an activating group) is 2. The Morgan fingerprint density at radius 1 is 0.894 bits per heavy atom. The van der Waals surface area contributed by atoms with Crippen molar-refractivity contribution in [2.45, 2.75) is 85.4 Å². The minimum atomic E-state index is -0.344. The lowest BCUT2D eigenvalue weighted by atomic mass is 9.83. The second-order valence-corrected chi connectivity index (χ2v) is 14.7. The van der Waals surface area contributed by atoms with Crippen LogP contribution < -0.4 is 24.8 Å². The average molecular weight is 631 g/mol. The molecule has 1 amide bonds. The Labute approximate surface area is 279 Å². The van der Waals surface area contributed by atoms with E-state index in [9.17, 15) is 9.90 Å². The molecule has 6 heteroatoms. The van der Waals surface area contributed by atoms with Crippen molar-refractivity contribution in [1.82, 2.24) is 9.48 Å². The summed E-state index contributed by atoms with van der Waals surface area (Å²) in [5.74, 6) is 1.63. The van der Waals surface area contributed by atoms with E-state index in [1.807, 2.05) is 23.1 Å². The van der Waals surface area contributed by atoms with Crippen LogP contribution in [-0.2, 0) is 0 Å². The van der Waals surface area contributed by atoms with Crippen LogP contribution in [0, 0.1) is 0 Å². The molecule has 0 unspecified atom stereocenters. The Morgan fingerprint density at radius 2 is 1.60 bits per heavy atom. The normalized spacial score (nSPS) is 19.6. The van der Waals surface area contributed by atoms with Crippen LogP contribution in [0.25, 0.3) is 16.7 Å². The standard InChI is InChI=1S/C41H48N3O3/c1-9-43-34-21-36-32(19-30(34)25(3)23-40(43,5)6)38(28-13-11-12-14-29(28)39(46)42-17-15-27(45)16-18-42)33-20-31-26(4)24-41(7,8)44(10-2)35(31)22-37(33)47-36/h11-14,19-24,27,45H,9-10,15-18H2,1-8H3/q+1. The fourth-order valence-electron chi connectivity index (χ4n) is 8.60. The lowest BCUT2D eigenvalue weighted by Gasteiger charge is -2.43. The summed E-state index contributed by atoms with van der Waals surface area (Å²) in [4.78, 5) is 18.6. The first-order chi connectivity index (χ1) is 22.3. The van der Waals surface area contributed by atoms with Crippen molar-refractivity contribution in [3.05, 3.63) is 99.1 Å². The van der Waals surface area contributed by atoms with Crippen LogP contribution in [0.3, 0.4) is 0 Å². The number of nitrogens with zero attached hydrogens (tertiary/aromatic N) is 3. The van der Waals surface area contributed by atoms with Crippen molar-refractivity contribution in [3.8, 4) is 11.5 Å². The monoisotopic (exact) mass is 630 g/mol. The molecule has 1 N–H and O–H groups in total. The van der Waals surface area contributed by atoms with Gasteiger partial charge in [-0.15, -0.1) is 0 Å². The van der Waals surface area contributed by atoms with E-state index in [2.05, 4.69) is 107 Å². The maximum Gasteiger partial charge on any atom is 0.254 e. The van der Waals surface area contributed by atoms with Gasteiger partial charge in [-0.2, -0.15) is 0 Å². The molecular formula is C41H48N3O3+. The van der Waals surface area contributed by atoms with Crippen LogP contribution in [-0.4, -0.2) is 59.3 Å². The Balaban J connectivity index is 1.55. The summed E-state index contributed by atoms with van der Waals surface area (Å²) in [5, 5.41) is 12.3. The van der Waals surface area contributed by atoms with E-state index in [1.165, 1.54) is 33.3 Å². The van der Waals surface area contributed by atoms with E-state index >= 15 is 0 Å². The molecule has 0 saturated carbocycles. The molecule has 3 aromatic rings. The molecule has 1 saturated heterocycles. The topological polar surface area (TPSA) is 56.0 Å². The molecule has 0 spiro atoms. The van der Waals surface area contributed by atoms with Crippen LogP contribution in [0.2, 0.25) is 0 Å². The zero-order chi connectivity index (χ0) is 33.4. The number of hydrogen-bond donors (Lipinski definition) is 1. The molecule has 0 atom stereocenters. The Hall–Kier alpha value is -4.16. The summed E-state index contributed by atoms with van der Waals surface area (Å²) in [5.41, 5.74) is 9.38. The molecule has 0 radical (unpaired) electrons. The van der Waals surface area contributed by atoms with Crippen LogP contribution >= 0.6 is 0 Å². The number of anilines is 1. The largest absolute Gasteiger partial charge is 0.456 e. The molecule has 47 heavy (non-hydrogen) atoms. The quantitative estimate of drug-likeness (QED) is 0.267. The minimum Gasteiger partial charge on any atom is -0.456 e. The van der Waals surface area contributed by atoms with E-state index in [-0.39, 0.29) is 23.1 Å². The fourth-order valence-corrected chi connectivity index (χ4v) is 8.60. The maximum absolute atomic E-state index is 14.2. The molecule has 0 aromatic heterocycles. The average Bonchev–Trinajstić information content (AvgIpc) is 3.02. The van der Waals surface area contributed by atoms with Gasteiger partial charge >= 0.3 is 0 Å². The first kappa shape index (κ1) is 31.4. The molecule has 7 rings (SSSR count). The molecule has 4 heterocycles. The zero-order valence-electron chi connectivity index (χ0n) is 29.2. The summed E-state index contributed by atoms with van der Waals surface area (Å²) in [6.07, 6.45) is 5.58. The molecule has 244 valence electrons. The van der Waals surface area contributed by atoms with Gasteiger partial charge in [-0.05, 0) is 95.4 Å². The number of amides is 1. The molecule has 6 nitrogen and oxygen atoms in total. The Bertz CT molecular complexity index is 2010. The number of piperidine rings is 1. The van der Waals surface area contributed by atoms with Crippen molar-refractivity contribution in [3.63, 3.8) is 0 Å². The van der Waals surface area contributed by atoms with Gasteiger partial charge < -0.3 is 19.6 Å². The third-order valence-electron chi connectivity index (χ3n) is 10.7. The highest BCUT2D eigenvalue weighted by Gasteiger charge is 2.36. The molecule has 0 aliphatic carbocycles. The van der Waals surface area contributed by atoms with E-state index in [1.54, 1.807) is 0 Å². The first-order valence-corrected chi connectivity index (χ1v) is 17.3. The molecule has 0 bridgehead atoms. The highest BCUT2D eigenvalue weighted by molar-refractivity contribution is 6.02. The number of aliphatic hydroxyl groups is 1. The highest BCUT2D eigenvalue weighted by atomic mass is 16.5. The van der Waals surface area contributed by atoms with Crippen molar-refractivity contribution < 1.29 is 14.6 Å². The number of carbonyl (C=O) groups is 1. The molecular weight excluding hydrogens is 582 g/mol. The van der Waals surface area contributed by atoms with Crippen LogP contribution in [0.1, 0.15) is 101 Å². The second-order valence-electron chi connectivity index (χ2n) is 14.7. The molecule has 1 fully saturated rings. The lowest BCUT2D eigenvalue weighted by Crippen LogP contribution is -2.49. The number of ether oxygens (including phenoxy) is 1. The number of fused-ring (bicyclic) bond motifs is 4. The van der Waals surface area contributed by atoms with E-state index in [0.717, 1.165) is 46.5 Å². The van der Waals surface area contributed by atoms with E-state index < -0.39 is 0 Å². The van der Waals surface area contributed by atoms with Crippen LogP contribution in [0.15, 0.2) is 60.7 Å². The van der Waals surface area contributed by atoms with E-state index in [0.29, 0.717) is 31.5 Å². The third kappa shape index (κ3) is 5.04. The van der Waals surface area contributed by atoms with Gasteiger partial charge in [0, 0.05) is 78.3 Å². The Kier molecular flexibility index (Phi) is 7.51. The van der Waals surface area contributed by atoms with Crippen molar-refractivity contribution in [1.29, 1.82) is 0 Å². The third-order valence-corrected chi connectivity index (χ3v) is 10.7. The van der Waals surface area contributed by atoms with E-state index in [4.69, 9.17) is 4.74 Å². The number of aliphatic hydroxyl groups excluding tert-OH is 1. The van der Waals surface area contributed by atoms with Gasteiger partial charge in [0.15, 0.2) is 5.54 Å². The lowest BCUT2D eigenvalue weighted by molar-refractivity contribution is 0.0546. The van der Waals surface area contributed by atoms with Crippen molar-refractivity contribution >= 4 is 28.3 Å². The minimum absolute atomic E-state index is 0.00970. The molecule has 4 aliphatic heterocycles. The Morgan fingerprint density at radius 3 is 2.30 bits per heavy atom. The summed E-state index contributed by atoms with van der Waals surface area (Å²) >= 11 is 0. The number of carbonyl (C=O) groups excluding carboxylic acids is 1. The van der Waals surface area contributed by atoms with Gasteiger partial charge in [0.25, 0.3) is 5.91 Å². The number of rotatable bonds is 4. The number of likely N-dealkylation sites (tertiary alicyclic amines) is 1. The van der Waals surface area contributed by atoms with Gasteiger partial charge in [0.05, 0.1) is 17.7 Å². The predicted molar refractivity (Wildman–Crippen MR) is 192 cm³/mol. The van der Waals surface area contributed by atoms with Gasteiger partial charge in [0.1, 0.15) is 18.0 Å². The van der Waals surface area contributed by atoms with Crippen LogP contribution in [0.4, 0.5) is 5.69 Å². The second kappa shape index (κ2) is 11.2. The van der Waals surface area contributed by atoms with Crippen molar-refractivity contribution in [2.24, 2.45) is 0 Å². The highest BCUT2D eigenvalue weighted by Crippen LogP contribution is 2.46.